The van der Waals surface area contributed by atoms with Gasteiger partial charge in [-0.1, -0.05) is 40.9 Å². The van der Waals surface area contributed by atoms with Crippen LogP contribution in [0.25, 0.3) is 0 Å². The van der Waals surface area contributed by atoms with Gasteiger partial charge in [-0.2, -0.15) is 0 Å². The van der Waals surface area contributed by atoms with Gasteiger partial charge in [0.15, 0.2) is 0 Å². The average molecular weight is 511 g/mol. The SMILES string of the molecule is COc1ccc(Cl)cc1N1C(=O)C(Cl)=C(Nc2ccc(C(=O)Oc3ccc(C)cc3C)cc2)C1=O. The molecule has 35 heavy (non-hydrogen) atoms. The second kappa shape index (κ2) is 9.82. The lowest BCUT2D eigenvalue weighted by Crippen LogP contribution is -2.32. The van der Waals surface area contributed by atoms with Crippen molar-refractivity contribution in [1.29, 1.82) is 0 Å². The lowest BCUT2D eigenvalue weighted by atomic mass is 10.1. The topological polar surface area (TPSA) is 84.9 Å². The minimum atomic E-state index is -0.714. The maximum absolute atomic E-state index is 13.1. The Hall–Kier alpha value is -3.81. The molecule has 0 aromatic heterocycles. The fourth-order valence-electron chi connectivity index (χ4n) is 3.57. The molecule has 1 heterocycles. The molecule has 0 radical (unpaired) electrons. The number of amides is 2. The molecule has 7 nitrogen and oxygen atoms in total. The second-order valence-corrected chi connectivity index (χ2v) is 8.63. The third-order valence-corrected chi connectivity index (χ3v) is 5.92. The molecular formula is C26H20Cl2N2O5. The number of nitrogens with zero attached hydrogens (tertiary/aromatic N) is 1. The summed E-state index contributed by atoms with van der Waals surface area (Å²) in [6, 6.07) is 16.4. The minimum absolute atomic E-state index is 0.107. The monoisotopic (exact) mass is 510 g/mol. The van der Waals surface area contributed by atoms with Gasteiger partial charge in [-0.15, -0.1) is 0 Å². The highest BCUT2D eigenvalue weighted by Crippen LogP contribution is 2.37. The first-order chi connectivity index (χ1) is 16.7. The Labute approximate surface area is 211 Å². The predicted octanol–water partition coefficient (Wildman–Crippen LogP) is 5.62. The number of rotatable bonds is 6. The highest BCUT2D eigenvalue weighted by Gasteiger charge is 2.40. The largest absolute Gasteiger partial charge is 0.495 e. The van der Waals surface area contributed by atoms with Crippen molar-refractivity contribution in [2.24, 2.45) is 0 Å². The Morgan fingerprint density at radius 3 is 2.23 bits per heavy atom. The van der Waals surface area contributed by atoms with Gasteiger partial charge in [0.1, 0.15) is 22.2 Å². The van der Waals surface area contributed by atoms with Crippen molar-refractivity contribution in [3.05, 3.63) is 93.1 Å². The van der Waals surface area contributed by atoms with Crippen LogP contribution < -0.4 is 19.7 Å². The molecule has 4 rings (SSSR count). The zero-order valence-corrected chi connectivity index (χ0v) is 20.5. The summed E-state index contributed by atoms with van der Waals surface area (Å²) >= 11 is 12.3. The zero-order valence-electron chi connectivity index (χ0n) is 19.0. The van der Waals surface area contributed by atoms with Gasteiger partial charge in [-0.25, -0.2) is 9.69 Å². The number of carbonyl (C=O) groups excluding carboxylic acids is 3. The number of ether oxygens (including phenoxy) is 2. The Morgan fingerprint density at radius 2 is 1.57 bits per heavy atom. The minimum Gasteiger partial charge on any atom is -0.495 e. The van der Waals surface area contributed by atoms with Crippen molar-refractivity contribution in [1.82, 2.24) is 0 Å². The molecule has 178 valence electrons. The molecule has 0 atom stereocenters. The van der Waals surface area contributed by atoms with E-state index in [9.17, 15) is 14.4 Å². The van der Waals surface area contributed by atoms with Crippen LogP contribution in [0.5, 0.6) is 11.5 Å². The van der Waals surface area contributed by atoms with Gasteiger partial charge < -0.3 is 14.8 Å². The van der Waals surface area contributed by atoms with E-state index in [0.717, 1.165) is 16.0 Å². The number of aryl methyl sites for hydroxylation is 2. The van der Waals surface area contributed by atoms with Crippen molar-refractivity contribution >= 4 is 52.4 Å². The lowest BCUT2D eigenvalue weighted by Gasteiger charge is -2.18. The Bertz CT molecular complexity index is 1380. The standard InChI is InChI=1S/C26H20Cl2N2O5/c1-14-4-10-20(15(2)12-14)35-26(33)16-5-8-18(9-6-16)29-23-22(28)24(31)30(25(23)32)19-13-17(27)7-11-21(19)34-3/h4-13,29H,1-3H3. The number of imide groups is 1. The molecule has 0 spiro atoms. The molecule has 0 unspecified atom stereocenters. The average Bonchev–Trinajstić information content (AvgIpc) is 3.04. The van der Waals surface area contributed by atoms with Gasteiger partial charge >= 0.3 is 5.97 Å². The predicted molar refractivity (Wildman–Crippen MR) is 134 cm³/mol. The fourth-order valence-corrected chi connectivity index (χ4v) is 3.95. The number of anilines is 2. The molecule has 0 fully saturated rings. The number of halogens is 2. The van der Waals surface area contributed by atoms with Gasteiger partial charge in [0, 0.05) is 10.7 Å². The number of hydrogen-bond acceptors (Lipinski definition) is 6. The smallest absolute Gasteiger partial charge is 0.343 e. The maximum Gasteiger partial charge on any atom is 0.343 e. The van der Waals surface area contributed by atoms with Gasteiger partial charge in [-0.05, 0) is 67.9 Å². The van der Waals surface area contributed by atoms with E-state index < -0.39 is 17.8 Å². The summed E-state index contributed by atoms with van der Waals surface area (Å²) in [5.74, 6) is -1.14. The van der Waals surface area contributed by atoms with Crippen molar-refractivity contribution in [2.75, 3.05) is 17.3 Å². The van der Waals surface area contributed by atoms with Crippen molar-refractivity contribution in [2.45, 2.75) is 13.8 Å². The number of esters is 1. The first kappa shape index (κ1) is 24.3. The van der Waals surface area contributed by atoms with Crippen LogP contribution >= 0.6 is 23.2 Å². The van der Waals surface area contributed by atoms with Crippen LogP contribution in [0.15, 0.2) is 71.4 Å². The molecule has 0 saturated heterocycles. The highest BCUT2D eigenvalue weighted by molar-refractivity contribution is 6.53. The van der Waals surface area contributed by atoms with Gasteiger partial charge in [0.05, 0.1) is 18.4 Å². The van der Waals surface area contributed by atoms with Gasteiger partial charge in [0.25, 0.3) is 11.8 Å². The quantitative estimate of drug-likeness (QED) is 0.263. The molecular weight excluding hydrogens is 491 g/mol. The Balaban J connectivity index is 1.51. The molecule has 0 saturated carbocycles. The van der Waals surface area contributed by atoms with Crippen molar-refractivity contribution in [3.63, 3.8) is 0 Å². The van der Waals surface area contributed by atoms with Crippen LogP contribution in [0.2, 0.25) is 5.02 Å². The number of carbonyl (C=O) groups is 3. The first-order valence-corrected chi connectivity index (χ1v) is 11.2. The van der Waals surface area contributed by atoms with Crippen molar-refractivity contribution in [3.8, 4) is 11.5 Å². The summed E-state index contributed by atoms with van der Waals surface area (Å²) in [5, 5.41) is 2.90. The van der Waals surface area contributed by atoms with E-state index in [0.29, 0.717) is 22.0 Å². The van der Waals surface area contributed by atoms with E-state index in [4.69, 9.17) is 32.7 Å². The molecule has 1 N–H and O–H groups in total. The molecule has 3 aromatic carbocycles. The van der Waals surface area contributed by atoms with Crippen LogP contribution in [0, 0.1) is 13.8 Å². The second-order valence-electron chi connectivity index (χ2n) is 7.81. The Kier molecular flexibility index (Phi) is 6.82. The summed E-state index contributed by atoms with van der Waals surface area (Å²) in [6.45, 7) is 3.82. The lowest BCUT2D eigenvalue weighted by molar-refractivity contribution is -0.120. The highest BCUT2D eigenvalue weighted by atomic mass is 35.5. The van der Waals surface area contributed by atoms with Crippen LogP contribution in [0.3, 0.4) is 0 Å². The summed E-state index contributed by atoms with van der Waals surface area (Å²) in [4.78, 5) is 39.3. The van der Waals surface area contributed by atoms with E-state index in [2.05, 4.69) is 5.32 Å². The molecule has 1 aliphatic heterocycles. The van der Waals surface area contributed by atoms with E-state index in [1.165, 1.54) is 13.2 Å². The van der Waals surface area contributed by atoms with Gasteiger partial charge in [-0.3, -0.25) is 9.59 Å². The maximum atomic E-state index is 13.1. The first-order valence-electron chi connectivity index (χ1n) is 10.5. The summed E-state index contributed by atoms with van der Waals surface area (Å²) in [6.07, 6.45) is 0. The normalized spacial score (nSPS) is 13.3. The van der Waals surface area contributed by atoms with Crippen LogP contribution in [0.1, 0.15) is 21.5 Å². The number of hydrogen-bond donors (Lipinski definition) is 1. The number of methoxy groups -OCH3 is 1. The van der Waals surface area contributed by atoms with E-state index in [1.54, 1.807) is 42.5 Å². The molecule has 2 amide bonds. The third-order valence-electron chi connectivity index (χ3n) is 5.33. The third kappa shape index (κ3) is 4.87. The molecule has 1 aliphatic rings. The zero-order chi connectivity index (χ0) is 25.3. The summed E-state index contributed by atoms with van der Waals surface area (Å²) in [7, 11) is 1.42. The molecule has 3 aromatic rings. The van der Waals surface area contributed by atoms with E-state index in [-0.39, 0.29) is 22.2 Å². The number of benzene rings is 3. The summed E-state index contributed by atoms with van der Waals surface area (Å²) < 4.78 is 10.7. The van der Waals surface area contributed by atoms with E-state index >= 15 is 0 Å². The van der Waals surface area contributed by atoms with Crippen LogP contribution in [0.4, 0.5) is 11.4 Å². The number of nitrogens with one attached hydrogen (secondary N) is 1. The van der Waals surface area contributed by atoms with Crippen LogP contribution in [-0.4, -0.2) is 24.9 Å². The molecule has 9 heteroatoms. The van der Waals surface area contributed by atoms with E-state index in [1.807, 2.05) is 26.0 Å². The van der Waals surface area contributed by atoms with Gasteiger partial charge in [0.2, 0.25) is 0 Å². The van der Waals surface area contributed by atoms with Crippen LogP contribution in [-0.2, 0) is 9.59 Å². The Morgan fingerprint density at radius 1 is 0.886 bits per heavy atom. The fraction of sp³-hybridized carbons (Fsp3) is 0.115. The van der Waals surface area contributed by atoms with Crippen molar-refractivity contribution < 1.29 is 23.9 Å². The summed E-state index contributed by atoms with van der Waals surface area (Å²) in [5.41, 5.74) is 2.75. The molecule has 0 aliphatic carbocycles. The molecule has 0 bridgehead atoms.